The number of hydrogen-bond donors (Lipinski definition) is 2. The van der Waals surface area contributed by atoms with Gasteiger partial charge in [0, 0.05) is 30.2 Å². The molecule has 3 N–H and O–H groups in total. The maximum atomic E-state index is 6.42. The third kappa shape index (κ3) is 4.24. The molecule has 120 valence electrons. The lowest BCUT2D eigenvalue weighted by Crippen LogP contribution is -2.39. The van der Waals surface area contributed by atoms with Gasteiger partial charge in [-0.15, -0.1) is 0 Å². The maximum Gasteiger partial charge on any atom is 0.188 e. The van der Waals surface area contributed by atoms with Gasteiger partial charge in [0.1, 0.15) is 0 Å². The van der Waals surface area contributed by atoms with Crippen molar-refractivity contribution in [3.8, 4) is 0 Å². The van der Waals surface area contributed by atoms with Crippen LogP contribution in [0.4, 0.5) is 0 Å². The van der Waals surface area contributed by atoms with E-state index in [1.165, 1.54) is 0 Å². The number of guanidine groups is 1. The molecule has 4 nitrogen and oxygen atoms in total. The lowest BCUT2D eigenvalue weighted by molar-refractivity contribution is 0.0531. The number of rotatable bonds is 5. The largest absolute Gasteiger partial charge is 0.381 e. The molecule has 0 aliphatic carbocycles. The topological polar surface area (TPSA) is 59.6 Å². The lowest BCUT2D eigenvalue weighted by Gasteiger charge is -2.37. The molecule has 1 fully saturated rings. The molecule has 0 unspecified atom stereocenters. The van der Waals surface area contributed by atoms with Gasteiger partial charge in [0.05, 0.1) is 6.54 Å². The Morgan fingerprint density at radius 2 is 2.09 bits per heavy atom. The minimum absolute atomic E-state index is 0.105. The summed E-state index contributed by atoms with van der Waals surface area (Å²) in [7, 11) is 0. The van der Waals surface area contributed by atoms with Gasteiger partial charge in [-0.3, -0.25) is 4.99 Å². The molecule has 5 heteroatoms. The number of hydrogen-bond acceptors (Lipinski definition) is 2. The van der Waals surface area contributed by atoms with E-state index in [0.29, 0.717) is 19.0 Å². The molecule has 0 atom stereocenters. The Kier molecular flexibility index (Phi) is 5.86. The van der Waals surface area contributed by atoms with E-state index < -0.39 is 0 Å². The Bertz CT molecular complexity index is 551. The fraction of sp³-hybridized carbons (Fsp3) is 0.471. The number of nitrogens with one attached hydrogen (secondary N) is 1. The highest BCUT2D eigenvalue weighted by molar-refractivity contribution is 6.31. The Labute approximate surface area is 137 Å². The van der Waals surface area contributed by atoms with Crippen molar-refractivity contribution in [3.63, 3.8) is 0 Å². The van der Waals surface area contributed by atoms with Gasteiger partial charge in [-0.1, -0.05) is 42.0 Å². The second kappa shape index (κ2) is 7.65. The Morgan fingerprint density at radius 3 is 2.73 bits per heavy atom. The van der Waals surface area contributed by atoms with Crippen LogP contribution in [0, 0.1) is 0 Å². The molecule has 0 amide bonds. The molecular weight excluding hydrogens is 298 g/mol. The predicted octanol–water partition coefficient (Wildman–Crippen LogP) is 2.87. The van der Waals surface area contributed by atoms with Gasteiger partial charge in [0.15, 0.2) is 5.96 Å². The number of nitrogens with zero attached hydrogens (tertiary/aromatic N) is 1. The highest BCUT2D eigenvalue weighted by atomic mass is 35.5. The molecule has 0 spiro atoms. The van der Waals surface area contributed by atoms with Crippen molar-refractivity contribution in [2.75, 3.05) is 26.3 Å². The van der Waals surface area contributed by atoms with Crippen molar-refractivity contribution in [3.05, 3.63) is 47.0 Å². The summed E-state index contributed by atoms with van der Waals surface area (Å²) in [5, 5.41) is 3.85. The molecule has 0 aromatic heterocycles. The second-order valence-electron chi connectivity index (χ2n) is 5.88. The van der Waals surface area contributed by atoms with Crippen LogP contribution < -0.4 is 11.1 Å². The summed E-state index contributed by atoms with van der Waals surface area (Å²) in [4.78, 5) is 4.54. The van der Waals surface area contributed by atoms with Crippen molar-refractivity contribution in [2.24, 2.45) is 10.7 Å². The lowest BCUT2D eigenvalue weighted by atomic mass is 9.74. The van der Waals surface area contributed by atoms with Crippen LogP contribution >= 0.6 is 11.6 Å². The predicted molar refractivity (Wildman–Crippen MR) is 92.5 cm³/mol. The zero-order valence-corrected chi connectivity index (χ0v) is 13.8. The molecule has 1 aromatic carbocycles. The summed E-state index contributed by atoms with van der Waals surface area (Å²) in [6.45, 7) is 8.48. The summed E-state index contributed by atoms with van der Waals surface area (Å²) < 4.78 is 5.52. The average Bonchev–Trinajstić information content (AvgIpc) is 2.52. The first-order valence-corrected chi connectivity index (χ1v) is 7.92. The van der Waals surface area contributed by atoms with Crippen molar-refractivity contribution < 1.29 is 4.74 Å². The van der Waals surface area contributed by atoms with E-state index >= 15 is 0 Å². The molecule has 0 radical (unpaired) electrons. The molecule has 22 heavy (non-hydrogen) atoms. The van der Waals surface area contributed by atoms with Crippen LogP contribution in [0.3, 0.4) is 0 Å². The number of ether oxygens (including phenoxy) is 1. The smallest absolute Gasteiger partial charge is 0.188 e. The van der Waals surface area contributed by atoms with Gasteiger partial charge in [0.2, 0.25) is 0 Å². The van der Waals surface area contributed by atoms with Crippen molar-refractivity contribution in [2.45, 2.75) is 25.2 Å². The van der Waals surface area contributed by atoms with Crippen LogP contribution in [-0.4, -0.2) is 32.3 Å². The van der Waals surface area contributed by atoms with Crippen LogP contribution in [0.15, 0.2) is 41.4 Å². The van der Waals surface area contributed by atoms with Crippen LogP contribution in [0.1, 0.15) is 25.3 Å². The SMILES string of the molecule is C=C(C)CNC(N)=NCC1(c2ccccc2Cl)CCOCC1. The van der Waals surface area contributed by atoms with Crippen molar-refractivity contribution in [1.29, 1.82) is 0 Å². The van der Waals surface area contributed by atoms with E-state index in [9.17, 15) is 0 Å². The molecule has 1 aliphatic heterocycles. The monoisotopic (exact) mass is 321 g/mol. The summed E-state index contributed by atoms with van der Waals surface area (Å²) in [5.74, 6) is 0.445. The van der Waals surface area contributed by atoms with E-state index in [1.807, 2.05) is 25.1 Å². The maximum absolute atomic E-state index is 6.42. The standard InChI is InChI=1S/C17H24ClN3O/c1-13(2)11-20-16(19)21-12-17(7-9-22-10-8-17)14-5-3-4-6-15(14)18/h3-6H,1,7-12H2,2H3,(H3,19,20,21). The van der Waals surface area contributed by atoms with Gasteiger partial charge in [-0.2, -0.15) is 0 Å². The van der Waals surface area contributed by atoms with Crippen LogP contribution in [-0.2, 0) is 10.2 Å². The van der Waals surface area contributed by atoms with Crippen LogP contribution in [0.25, 0.3) is 0 Å². The molecule has 0 saturated carbocycles. The molecular formula is C17H24ClN3O. The highest BCUT2D eigenvalue weighted by Crippen LogP contribution is 2.38. The molecule has 2 rings (SSSR count). The summed E-state index contributed by atoms with van der Waals surface area (Å²) in [6.07, 6.45) is 1.79. The van der Waals surface area contributed by atoms with E-state index in [0.717, 1.165) is 42.2 Å². The average molecular weight is 322 g/mol. The second-order valence-corrected chi connectivity index (χ2v) is 6.29. The van der Waals surface area contributed by atoms with E-state index in [4.69, 9.17) is 22.1 Å². The normalized spacial score (nSPS) is 18.0. The Morgan fingerprint density at radius 1 is 1.41 bits per heavy atom. The molecule has 1 aliphatic rings. The van der Waals surface area contributed by atoms with Crippen molar-refractivity contribution >= 4 is 17.6 Å². The van der Waals surface area contributed by atoms with Gasteiger partial charge < -0.3 is 15.8 Å². The van der Waals surface area contributed by atoms with Gasteiger partial charge >= 0.3 is 0 Å². The first-order chi connectivity index (χ1) is 10.5. The van der Waals surface area contributed by atoms with Crippen LogP contribution in [0.2, 0.25) is 5.02 Å². The van der Waals surface area contributed by atoms with E-state index in [-0.39, 0.29) is 5.41 Å². The summed E-state index contributed by atoms with van der Waals surface area (Å²) >= 11 is 6.42. The summed E-state index contributed by atoms with van der Waals surface area (Å²) in [6, 6.07) is 7.98. The molecule has 1 aromatic rings. The van der Waals surface area contributed by atoms with E-state index in [1.54, 1.807) is 0 Å². The number of benzene rings is 1. The van der Waals surface area contributed by atoms with E-state index in [2.05, 4.69) is 23.0 Å². The first-order valence-electron chi connectivity index (χ1n) is 7.54. The van der Waals surface area contributed by atoms with Gasteiger partial charge in [0.25, 0.3) is 0 Å². The van der Waals surface area contributed by atoms with Gasteiger partial charge in [-0.25, -0.2) is 0 Å². The van der Waals surface area contributed by atoms with Crippen molar-refractivity contribution in [1.82, 2.24) is 5.32 Å². The quantitative estimate of drug-likeness (QED) is 0.498. The number of halogens is 1. The Hall–Kier alpha value is -1.52. The number of nitrogens with two attached hydrogens (primary N) is 1. The minimum atomic E-state index is -0.105. The van der Waals surface area contributed by atoms with Crippen LogP contribution in [0.5, 0.6) is 0 Å². The fourth-order valence-electron chi connectivity index (χ4n) is 2.70. The summed E-state index contributed by atoms with van der Waals surface area (Å²) in [5.41, 5.74) is 8.00. The Balaban J connectivity index is 2.18. The van der Waals surface area contributed by atoms with Gasteiger partial charge in [-0.05, 0) is 31.4 Å². The molecule has 1 heterocycles. The molecule has 1 saturated heterocycles. The zero-order chi connectivity index (χ0) is 16.0. The third-order valence-corrected chi connectivity index (χ3v) is 4.35. The third-order valence-electron chi connectivity index (χ3n) is 4.02. The zero-order valence-electron chi connectivity index (χ0n) is 13.1. The number of aliphatic imine (C=N–C) groups is 1. The fourth-order valence-corrected chi connectivity index (χ4v) is 3.04. The molecule has 0 bridgehead atoms. The minimum Gasteiger partial charge on any atom is -0.381 e. The first kappa shape index (κ1) is 16.8. The highest BCUT2D eigenvalue weighted by Gasteiger charge is 2.35.